The molecule has 1 aromatic heterocycles. The van der Waals surface area contributed by atoms with Gasteiger partial charge in [0.1, 0.15) is 22.9 Å². The highest BCUT2D eigenvalue weighted by molar-refractivity contribution is 5.81. The van der Waals surface area contributed by atoms with Crippen molar-refractivity contribution >= 4 is 16.9 Å². The molecule has 1 aliphatic heterocycles. The molecule has 0 saturated carbocycles. The molecule has 3 aromatic carbocycles. The van der Waals surface area contributed by atoms with Crippen molar-refractivity contribution in [2.24, 2.45) is 0 Å². The van der Waals surface area contributed by atoms with Crippen molar-refractivity contribution in [1.82, 2.24) is 9.80 Å². The number of carbonyl (C=O) groups excluding carboxylic acids is 1. The van der Waals surface area contributed by atoms with E-state index in [-0.39, 0.29) is 35.8 Å². The minimum atomic E-state index is -0.245. The number of hydrogen-bond acceptors (Lipinski definition) is 5. The van der Waals surface area contributed by atoms with Crippen molar-refractivity contribution in [3.63, 3.8) is 0 Å². The molecule has 0 radical (unpaired) electrons. The highest BCUT2D eigenvalue weighted by Crippen LogP contribution is 2.25. The SMILES string of the molecule is C[C@@H]1CN(Cc2ccc(F)cc2)[C@@H](C)CN1C(=O)COc1ccc2c(=O)cc(-c3ccccc3)oc2c1. The molecule has 2 heterocycles. The highest BCUT2D eigenvalue weighted by Gasteiger charge is 2.32. The number of benzene rings is 3. The number of halogens is 1. The number of piperazine rings is 1. The molecule has 2 atom stereocenters. The summed E-state index contributed by atoms with van der Waals surface area (Å²) < 4.78 is 25.1. The van der Waals surface area contributed by atoms with E-state index in [0.29, 0.717) is 42.1 Å². The smallest absolute Gasteiger partial charge is 0.260 e. The number of carbonyl (C=O) groups is 1. The lowest BCUT2D eigenvalue weighted by molar-refractivity contribution is -0.139. The standard InChI is InChI=1S/C30H29FN2O4/c1-20-17-33(21(2)16-32(20)18-22-8-10-24(31)11-9-22)30(35)19-36-25-12-13-26-27(34)15-28(37-29(26)14-25)23-6-4-3-5-7-23/h3-15,20-21H,16-19H2,1-2H3/t20-,21+/m0/s1. The maximum Gasteiger partial charge on any atom is 0.260 e. The average molecular weight is 501 g/mol. The lowest BCUT2D eigenvalue weighted by Crippen LogP contribution is -2.58. The molecule has 0 unspecified atom stereocenters. The first-order chi connectivity index (χ1) is 17.9. The zero-order valence-electron chi connectivity index (χ0n) is 20.9. The van der Waals surface area contributed by atoms with Gasteiger partial charge in [-0.15, -0.1) is 0 Å². The van der Waals surface area contributed by atoms with Crippen molar-refractivity contribution in [2.45, 2.75) is 32.5 Å². The number of hydrogen-bond donors (Lipinski definition) is 0. The summed E-state index contributed by atoms with van der Waals surface area (Å²) in [6, 6.07) is 22.6. The number of rotatable bonds is 6. The first kappa shape index (κ1) is 24.7. The molecule has 0 spiro atoms. The van der Waals surface area contributed by atoms with Crippen LogP contribution in [0.5, 0.6) is 5.75 Å². The van der Waals surface area contributed by atoms with Crippen LogP contribution in [-0.2, 0) is 11.3 Å². The van der Waals surface area contributed by atoms with Crippen LogP contribution >= 0.6 is 0 Å². The molecule has 37 heavy (non-hydrogen) atoms. The quantitative estimate of drug-likeness (QED) is 0.369. The molecular formula is C30H29FN2O4. The van der Waals surface area contributed by atoms with Gasteiger partial charge in [-0.1, -0.05) is 42.5 Å². The Morgan fingerprint density at radius 1 is 0.973 bits per heavy atom. The molecule has 0 aliphatic carbocycles. The van der Waals surface area contributed by atoms with Crippen molar-refractivity contribution < 1.29 is 18.3 Å². The van der Waals surface area contributed by atoms with Gasteiger partial charge >= 0.3 is 0 Å². The molecule has 0 N–H and O–H groups in total. The first-order valence-corrected chi connectivity index (χ1v) is 12.4. The summed E-state index contributed by atoms with van der Waals surface area (Å²) in [6.45, 7) is 6.01. The summed E-state index contributed by atoms with van der Waals surface area (Å²) in [5, 5.41) is 0.457. The normalized spacial score (nSPS) is 18.2. The van der Waals surface area contributed by atoms with E-state index in [2.05, 4.69) is 11.8 Å². The van der Waals surface area contributed by atoms with Crippen molar-refractivity contribution in [2.75, 3.05) is 19.7 Å². The van der Waals surface area contributed by atoms with Crippen LogP contribution in [0.1, 0.15) is 19.4 Å². The van der Waals surface area contributed by atoms with E-state index >= 15 is 0 Å². The number of amides is 1. The van der Waals surface area contributed by atoms with Crippen LogP contribution in [-0.4, -0.2) is 47.5 Å². The lowest BCUT2D eigenvalue weighted by Gasteiger charge is -2.44. The number of ether oxygens (including phenoxy) is 1. The fraction of sp³-hybridized carbons (Fsp3) is 0.267. The van der Waals surface area contributed by atoms with Gasteiger partial charge in [0.2, 0.25) is 0 Å². The van der Waals surface area contributed by atoms with Crippen LogP contribution in [0, 0.1) is 5.82 Å². The van der Waals surface area contributed by atoms with Crippen LogP contribution < -0.4 is 10.2 Å². The van der Waals surface area contributed by atoms with Crippen molar-refractivity contribution in [3.8, 4) is 17.1 Å². The van der Waals surface area contributed by atoms with E-state index in [1.54, 1.807) is 30.3 Å². The van der Waals surface area contributed by atoms with Gasteiger partial charge in [0.25, 0.3) is 5.91 Å². The van der Waals surface area contributed by atoms with E-state index in [1.807, 2.05) is 42.2 Å². The summed E-state index contributed by atoms with van der Waals surface area (Å²) >= 11 is 0. The second kappa shape index (κ2) is 10.6. The fourth-order valence-corrected chi connectivity index (χ4v) is 4.79. The molecular weight excluding hydrogens is 471 g/mol. The molecule has 1 saturated heterocycles. The van der Waals surface area contributed by atoms with Crippen LogP contribution in [0.25, 0.3) is 22.3 Å². The number of fused-ring (bicyclic) bond motifs is 1. The lowest BCUT2D eigenvalue weighted by atomic mass is 10.1. The summed E-state index contributed by atoms with van der Waals surface area (Å²) in [5.41, 5.74) is 2.13. The molecule has 6 nitrogen and oxygen atoms in total. The van der Waals surface area contributed by atoms with Gasteiger partial charge in [-0.05, 0) is 43.7 Å². The van der Waals surface area contributed by atoms with E-state index in [0.717, 1.165) is 11.1 Å². The molecule has 1 amide bonds. The molecule has 190 valence electrons. The highest BCUT2D eigenvalue weighted by atomic mass is 19.1. The van der Waals surface area contributed by atoms with Gasteiger partial charge in [0.05, 0.1) is 5.39 Å². The Morgan fingerprint density at radius 3 is 2.49 bits per heavy atom. The Balaban J connectivity index is 1.24. The van der Waals surface area contributed by atoms with Gasteiger partial charge in [0, 0.05) is 49.4 Å². The first-order valence-electron chi connectivity index (χ1n) is 12.4. The maximum absolute atomic E-state index is 13.2. The van der Waals surface area contributed by atoms with Gasteiger partial charge in [0.15, 0.2) is 12.0 Å². The molecule has 5 rings (SSSR count). The molecule has 7 heteroatoms. The Labute approximate surface area is 214 Å². The summed E-state index contributed by atoms with van der Waals surface area (Å²) in [4.78, 5) is 29.8. The Kier molecular flexibility index (Phi) is 7.06. The van der Waals surface area contributed by atoms with E-state index in [4.69, 9.17) is 9.15 Å². The third-order valence-corrected chi connectivity index (χ3v) is 6.86. The Hall–Kier alpha value is -3.97. The maximum atomic E-state index is 13.2. The van der Waals surface area contributed by atoms with Gasteiger partial charge in [-0.25, -0.2) is 4.39 Å². The van der Waals surface area contributed by atoms with Gasteiger partial charge < -0.3 is 14.1 Å². The van der Waals surface area contributed by atoms with Crippen LogP contribution in [0.3, 0.4) is 0 Å². The predicted molar refractivity (Wildman–Crippen MR) is 141 cm³/mol. The topological polar surface area (TPSA) is 63.0 Å². The second-order valence-electron chi connectivity index (χ2n) is 9.59. The monoisotopic (exact) mass is 500 g/mol. The van der Waals surface area contributed by atoms with E-state index < -0.39 is 0 Å². The van der Waals surface area contributed by atoms with Gasteiger partial charge in [-0.3, -0.25) is 14.5 Å². The zero-order valence-corrected chi connectivity index (χ0v) is 20.9. The Morgan fingerprint density at radius 2 is 1.73 bits per heavy atom. The minimum absolute atomic E-state index is 0.0100. The summed E-state index contributed by atoms with van der Waals surface area (Å²) in [5.74, 6) is 0.601. The summed E-state index contributed by atoms with van der Waals surface area (Å²) in [6.07, 6.45) is 0. The third kappa shape index (κ3) is 5.57. The minimum Gasteiger partial charge on any atom is -0.484 e. The molecule has 1 aliphatic rings. The molecule has 4 aromatic rings. The van der Waals surface area contributed by atoms with Crippen molar-refractivity contribution in [1.29, 1.82) is 0 Å². The second-order valence-corrected chi connectivity index (χ2v) is 9.59. The third-order valence-electron chi connectivity index (χ3n) is 6.86. The number of nitrogens with zero attached hydrogens (tertiary/aromatic N) is 2. The fourth-order valence-electron chi connectivity index (χ4n) is 4.79. The summed E-state index contributed by atoms with van der Waals surface area (Å²) in [7, 11) is 0. The molecule has 1 fully saturated rings. The van der Waals surface area contributed by atoms with Crippen LogP contribution in [0.4, 0.5) is 4.39 Å². The van der Waals surface area contributed by atoms with Crippen LogP contribution in [0.15, 0.2) is 88.1 Å². The predicted octanol–water partition coefficient (Wildman–Crippen LogP) is 5.10. The van der Waals surface area contributed by atoms with Gasteiger partial charge in [-0.2, -0.15) is 0 Å². The molecule has 0 bridgehead atoms. The van der Waals surface area contributed by atoms with Crippen molar-refractivity contribution in [3.05, 3.63) is 100 Å². The van der Waals surface area contributed by atoms with Crippen LogP contribution in [0.2, 0.25) is 0 Å². The van der Waals surface area contributed by atoms with E-state index in [9.17, 15) is 14.0 Å². The average Bonchev–Trinajstić information content (AvgIpc) is 2.90. The Bertz CT molecular complexity index is 1450. The zero-order chi connectivity index (χ0) is 25.9. The largest absolute Gasteiger partial charge is 0.484 e. The van der Waals surface area contributed by atoms with E-state index in [1.165, 1.54) is 18.2 Å².